The third-order valence-electron chi connectivity index (χ3n) is 20.3. The average Bonchev–Trinajstić information content (AvgIpc) is 0.809. The molecule has 0 radical (unpaired) electrons. The molecule has 0 saturated carbocycles. The van der Waals surface area contributed by atoms with E-state index in [2.05, 4.69) is 82.4 Å². The average molecular weight is 1710 g/mol. The highest BCUT2D eigenvalue weighted by molar-refractivity contribution is 6.32. The van der Waals surface area contributed by atoms with Crippen molar-refractivity contribution in [3.63, 3.8) is 0 Å². The molecule has 4 amide bonds. The Kier molecular flexibility index (Phi) is 44.6. The number of nitrogens with zero attached hydrogens (tertiary/aromatic N) is 8. The molecule has 0 aliphatic carbocycles. The van der Waals surface area contributed by atoms with Crippen LogP contribution in [-0.2, 0) is 35.3 Å². The first kappa shape index (κ1) is 101. The van der Waals surface area contributed by atoms with Gasteiger partial charge in [0, 0.05) is 32.7 Å². The lowest BCUT2D eigenvalue weighted by Gasteiger charge is -2.33. The van der Waals surface area contributed by atoms with Gasteiger partial charge in [0.05, 0.1) is 49.7 Å². The molecule has 0 fully saturated rings. The largest absolute Gasteiger partial charge is 0.394 e. The fourth-order valence-electron chi connectivity index (χ4n) is 13.3. The highest BCUT2D eigenvalue weighted by Gasteiger charge is 2.36. The van der Waals surface area contributed by atoms with Gasteiger partial charge in [-0.2, -0.15) is 0 Å². The maximum absolute atomic E-state index is 12.5. The summed E-state index contributed by atoms with van der Waals surface area (Å²) in [5.74, 6) is -3.22. The first-order chi connectivity index (χ1) is 56.7. The summed E-state index contributed by atoms with van der Waals surface area (Å²) < 4.78 is 0. The number of aliphatic hydroxyl groups is 14. The van der Waals surface area contributed by atoms with E-state index in [1.54, 1.807) is 6.92 Å². The number of benzene rings is 4. The van der Waals surface area contributed by atoms with Gasteiger partial charge in [-0.05, 0) is 166 Å². The molecule has 6 rings (SSSR count). The van der Waals surface area contributed by atoms with E-state index in [-0.39, 0.29) is 96.0 Å². The molecule has 34 N–H and O–H groups in total. The summed E-state index contributed by atoms with van der Waals surface area (Å²) in [4.78, 5) is 77.1. The van der Waals surface area contributed by atoms with Crippen LogP contribution in [0.4, 0.5) is 23.3 Å². The number of amides is 4. The van der Waals surface area contributed by atoms with Gasteiger partial charge in [0.25, 0.3) is 11.8 Å². The number of primary amides is 2. The number of aryl methyl sites for hydroxylation is 4. The summed E-state index contributed by atoms with van der Waals surface area (Å²) in [6.45, 7) is 4.26. The third-order valence-corrected chi connectivity index (χ3v) is 20.8. The fraction of sp³-hybridized carbons (Fsp3) is 0.570. The molecule has 12 unspecified atom stereocenters. The zero-order chi connectivity index (χ0) is 88.0. The molecule has 0 aliphatic rings. The molecule has 119 heavy (non-hydrogen) atoms. The van der Waals surface area contributed by atoms with Crippen LogP contribution >= 0.6 is 23.2 Å². The van der Waals surface area contributed by atoms with Crippen LogP contribution in [0.25, 0.3) is 21.5 Å². The van der Waals surface area contributed by atoms with Gasteiger partial charge in [-0.15, -0.1) is 0 Å². The zero-order valence-electron chi connectivity index (χ0n) is 67.4. The Morgan fingerprint density at radius 1 is 0.412 bits per heavy atom. The van der Waals surface area contributed by atoms with Gasteiger partial charge in [-0.25, -0.2) is 19.9 Å². The van der Waals surface area contributed by atoms with Gasteiger partial charge >= 0.3 is 0 Å². The van der Waals surface area contributed by atoms with E-state index in [1.807, 2.05) is 53.4 Å². The lowest BCUT2D eigenvalue weighted by molar-refractivity contribution is -0.127. The molecule has 0 saturated heterocycles. The van der Waals surface area contributed by atoms with E-state index in [0.29, 0.717) is 84.1 Å². The number of unbranched alkanes of at least 4 members (excludes halogenated alkanes) is 5. The normalized spacial score (nSPS) is 15.7. The predicted octanol–water partition coefficient (Wildman–Crippen LogP) is -2.53. The minimum Gasteiger partial charge on any atom is -0.394 e. The van der Waals surface area contributed by atoms with Crippen molar-refractivity contribution in [2.45, 2.75) is 208 Å². The molecule has 662 valence electrons. The van der Waals surface area contributed by atoms with E-state index in [9.17, 15) is 80.5 Å². The van der Waals surface area contributed by atoms with Crippen molar-refractivity contribution in [1.82, 2.24) is 51.0 Å². The lowest BCUT2D eigenvalue weighted by atomic mass is 9.93. The minimum absolute atomic E-state index is 0.0714. The van der Waals surface area contributed by atoms with Crippen LogP contribution in [0.1, 0.15) is 141 Å². The Hall–Kier alpha value is -8.56. The van der Waals surface area contributed by atoms with E-state index in [4.69, 9.17) is 79.3 Å². The number of aromatic nitrogens is 4. The van der Waals surface area contributed by atoms with Crippen molar-refractivity contribution in [2.24, 2.45) is 32.9 Å². The fourth-order valence-corrected chi connectivity index (χ4v) is 13.6. The number of nitrogens with two attached hydrogens (primary N) is 8. The SMILES string of the molecule is CCC(O)C(O)C(O)C(O)CN(CCCN[C@H](CCc1ccc(CCCCN=C(N)NC(=O)c2nc(Cl)c(N)nc2N)c2ccccc12)C(N)=O)CC(O)C(O)C(O)C(O)CO.CCCCCCN(CCCN[C@H](CCc1ccc(CCCCN=C(N)NC(=O)c2nc(Cl)c(N)nc2N)c2ccccc12)C(N)=O)CC(O)C(O)C(O)C(O)CO. The summed E-state index contributed by atoms with van der Waals surface area (Å²) in [6, 6.07) is 23.0. The number of rotatable bonds is 53. The van der Waals surface area contributed by atoms with Crippen molar-refractivity contribution < 1.29 is 90.7 Å². The number of hydrogen-bond acceptors (Lipinski definition) is 32. The maximum Gasteiger partial charge on any atom is 0.280 e. The standard InChI is InChI=1S/C40H63ClN10O11.C39H61ClN10O7/c1-2-26(53)31(57)32(58)27(54)18-51(19-28(55)33(59)34(60)29(56)20-52)17-7-16-46-25(38(44)61)14-13-22-12-11-21(23-9-3-4-10-24(22)23)8-5-6-15-47-40(45)50-39(62)30-36(42)49-37(43)35(41)48-30;1-2-3-4-9-20-50(22-29(52)32(54)33(55)30(53)23-51)21-10-19-45-28(37(43)56)17-16-25-15-14-24(26-12-5-6-13-27(25)26)11-7-8-18-46-39(44)49-38(57)31-35(41)48-36(42)34(40)47-31/h3-4,9-12,25-29,31-34,46,52-60H,2,5-8,13-20H2,1H3,(H2,44,61)(H4,42,43,49)(H3,45,47,50,62);5-6,12-15,28-30,32-33,45,51-55H,2-4,7-11,16-23H2,1H3,(H2,43,56)(H4,41,42,48)(H3,44,46,49,57)/t25-,26?,27?,28?,29?,31?,32?,33?,34?;28-,29?,30?,32?,33?/m11/s1. The van der Waals surface area contributed by atoms with Gasteiger partial charge in [0.2, 0.25) is 11.8 Å². The molecule has 38 nitrogen and oxygen atoms in total. The van der Waals surface area contributed by atoms with Crippen LogP contribution in [0, 0.1) is 0 Å². The zero-order valence-corrected chi connectivity index (χ0v) is 68.9. The van der Waals surface area contributed by atoms with Gasteiger partial charge in [-0.3, -0.25) is 44.7 Å². The number of hydrogen-bond donors (Lipinski definition) is 26. The van der Waals surface area contributed by atoms with Crippen molar-refractivity contribution in [1.29, 1.82) is 0 Å². The molecule has 0 spiro atoms. The monoisotopic (exact) mass is 1710 g/mol. The molecule has 40 heteroatoms. The van der Waals surface area contributed by atoms with E-state index >= 15 is 0 Å². The number of aliphatic imine (C=N–C) groups is 2. The van der Waals surface area contributed by atoms with Gasteiger partial charge < -0.3 is 133 Å². The van der Waals surface area contributed by atoms with Crippen LogP contribution in [0.5, 0.6) is 0 Å². The molecule has 2 aromatic heterocycles. The molecule has 0 bridgehead atoms. The summed E-state index contributed by atoms with van der Waals surface area (Å²) in [5.41, 5.74) is 49.9. The van der Waals surface area contributed by atoms with Gasteiger partial charge in [0.1, 0.15) is 48.8 Å². The number of halogens is 2. The van der Waals surface area contributed by atoms with E-state index < -0.39 is 122 Å². The maximum atomic E-state index is 12.5. The van der Waals surface area contributed by atoms with E-state index in [0.717, 1.165) is 89.6 Å². The first-order valence-electron chi connectivity index (χ1n) is 39.9. The van der Waals surface area contributed by atoms with Gasteiger partial charge in [0.15, 0.2) is 56.9 Å². The Balaban J connectivity index is 0.000000425. The molecular formula is C79H124Cl2N20O18. The summed E-state index contributed by atoms with van der Waals surface area (Å²) in [6.07, 6.45) is -8.12. The number of anilines is 4. The van der Waals surface area contributed by atoms with Crippen molar-refractivity contribution >= 4 is 104 Å². The minimum atomic E-state index is -1.89. The highest BCUT2D eigenvalue weighted by Crippen LogP contribution is 2.29. The van der Waals surface area contributed by atoms with Crippen LogP contribution in [0.15, 0.2) is 82.8 Å². The number of nitrogens with one attached hydrogen (secondary N) is 4. The Labute approximate surface area is 701 Å². The van der Waals surface area contributed by atoms with Crippen LogP contribution in [0.3, 0.4) is 0 Å². The summed E-state index contributed by atoms with van der Waals surface area (Å²) >= 11 is 11.7. The molecule has 2 heterocycles. The van der Waals surface area contributed by atoms with Crippen molar-refractivity contribution in [3.05, 3.63) is 117 Å². The predicted molar refractivity (Wildman–Crippen MR) is 455 cm³/mol. The summed E-state index contributed by atoms with van der Waals surface area (Å²) in [5, 5.41) is 156. The number of guanidine groups is 2. The van der Waals surface area contributed by atoms with Crippen molar-refractivity contribution in [2.75, 3.05) is 102 Å². The number of carbonyl (C=O) groups is 4. The second-order valence-electron chi connectivity index (χ2n) is 29.3. The van der Waals surface area contributed by atoms with Crippen LogP contribution < -0.4 is 67.1 Å². The Morgan fingerprint density at radius 2 is 0.748 bits per heavy atom. The van der Waals surface area contributed by atoms with E-state index in [1.165, 1.54) is 10.5 Å². The van der Waals surface area contributed by atoms with Crippen LogP contribution in [0.2, 0.25) is 10.3 Å². The quantitative estimate of drug-likeness (QED) is 0.0106. The lowest BCUT2D eigenvalue weighted by Crippen LogP contribution is -2.53. The number of carbonyl (C=O) groups excluding carboxylic acids is 4. The van der Waals surface area contributed by atoms with Crippen LogP contribution in [-0.4, -0.2) is 301 Å². The number of fused-ring (bicyclic) bond motifs is 2. The Morgan fingerprint density at radius 3 is 1.10 bits per heavy atom. The smallest absolute Gasteiger partial charge is 0.280 e. The second kappa shape index (κ2) is 52.6. The highest BCUT2D eigenvalue weighted by atomic mass is 35.5. The molecule has 0 aliphatic heterocycles. The second-order valence-corrected chi connectivity index (χ2v) is 30.0. The van der Waals surface area contributed by atoms with Crippen molar-refractivity contribution in [3.8, 4) is 0 Å². The first-order valence-corrected chi connectivity index (χ1v) is 40.7. The topological polar surface area (TPSA) is 691 Å². The molecular weight excluding hydrogens is 1590 g/mol. The summed E-state index contributed by atoms with van der Waals surface area (Å²) in [7, 11) is 0. The molecule has 6 aromatic rings. The number of aliphatic hydroxyl groups excluding tert-OH is 14. The Bertz CT molecular complexity index is 4160. The number of nitrogen functional groups attached to an aromatic ring is 4. The van der Waals surface area contributed by atoms with Gasteiger partial charge in [-0.1, -0.05) is 129 Å². The molecule has 14 atom stereocenters. The molecule has 4 aromatic carbocycles. The third kappa shape index (κ3) is 33.1.